The second-order valence-electron chi connectivity index (χ2n) is 7.28. The zero-order chi connectivity index (χ0) is 21.4. The van der Waals surface area contributed by atoms with Crippen molar-refractivity contribution in [3.8, 4) is 0 Å². The molecular weight excluding hydrogens is 383 g/mol. The predicted octanol–water partition coefficient (Wildman–Crippen LogP) is 4.35. The molecule has 3 aromatic carbocycles. The Morgan fingerprint density at radius 1 is 0.833 bits per heavy atom. The van der Waals surface area contributed by atoms with Crippen LogP contribution in [0.3, 0.4) is 0 Å². The Morgan fingerprint density at radius 3 is 2.10 bits per heavy atom. The number of ketones is 2. The third kappa shape index (κ3) is 3.48. The molecule has 2 N–H and O–H groups in total. The summed E-state index contributed by atoms with van der Waals surface area (Å²) in [4.78, 5) is 38.0. The maximum atomic E-state index is 13.7. The van der Waals surface area contributed by atoms with Crippen molar-refractivity contribution in [2.24, 2.45) is 0 Å². The van der Waals surface area contributed by atoms with Crippen molar-refractivity contribution in [1.82, 2.24) is 0 Å². The Kier molecular flexibility index (Phi) is 4.91. The number of fused-ring (bicyclic) bond motifs is 2. The molecule has 0 spiro atoms. The van der Waals surface area contributed by atoms with E-state index in [4.69, 9.17) is 0 Å². The summed E-state index contributed by atoms with van der Waals surface area (Å²) in [6.07, 6.45) is 0. The SMILES string of the molecule is Cc1ccc(N[C@H](C)C(=O)Nc2ccc3c(c2)C(=O)c2ccccc2C3=O)cc1F. The zero-order valence-electron chi connectivity index (χ0n) is 16.5. The number of carbonyl (C=O) groups excluding carboxylic acids is 3. The van der Waals surface area contributed by atoms with Gasteiger partial charge in [-0.05, 0) is 49.7 Å². The highest BCUT2D eigenvalue weighted by Crippen LogP contribution is 2.29. The molecule has 0 fully saturated rings. The third-order valence-electron chi connectivity index (χ3n) is 5.14. The largest absolute Gasteiger partial charge is 0.374 e. The summed E-state index contributed by atoms with van der Waals surface area (Å²) < 4.78 is 13.7. The average Bonchev–Trinajstić information content (AvgIpc) is 2.74. The van der Waals surface area contributed by atoms with E-state index in [0.717, 1.165) is 0 Å². The summed E-state index contributed by atoms with van der Waals surface area (Å²) in [5, 5.41) is 5.69. The summed E-state index contributed by atoms with van der Waals surface area (Å²) in [7, 11) is 0. The average molecular weight is 402 g/mol. The number of benzene rings is 3. The number of hydrogen-bond acceptors (Lipinski definition) is 4. The van der Waals surface area contributed by atoms with Crippen molar-refractivity contribution in [2.45, 2.75) is 19.9 Å². The Balaban J connectivity index is 1.53. The Morgan fingerprint density at radius 2 is 1.43 bits per heavy atom. The first-order valence-corrected chi connectivity index (χ1v) is 9.51. The number of amides is 1. The summed E-state index contributed by atoms with van der Waals surface area (Å²) in [6, 6.07) is 15.4. The molecule has 1 amide bonds. The van der Waals surface area contributed by atoms with Crippen LogP contribution in [0, 0.1) is 12.7 Å². The van der Waals surface area contributed by atoms with Gasteiger partial charge in [-0.15, -0.1) is 0 Å². The van der Waals surface area contributed by atoms with Gasteiger partial charge in [-0.1, -0.05) is 30.3 Å². The second-order valence-corrected chi connectivity index (χ2v) is 7.28. The van der Waals surface area contributed by atoms with Crippen LogP contribution in [0.4, 0.5) is 15.8 Å². The van der Waals surface area contributed by atoms with Crippen LogP contribution in [-0.4, -0.2) is 23.5 Å². The van der Waals surface area contributed by atoms with Crippen LogP contribution in [0.15, 0.2) is 60.7 Å². The highest BCUT2D eigenvalue weighted by molar-refractivity contribution is 6.28. The van der Waals surface area contributed by atoms with Crippen molar-refractivity contribution >= 4 is 28.8 Å². The molecule has 1 aliphatic rings. The van der Waals surface area contributed by atoms with Gasteiger partial charge in [0.05, 0.1) is 0 Å². The van der Waals surface area contributed by atoms with Gasteiger partial charge >= 0.3 is 0 Å². The monoisotopic (exact) mass is 402 g/mol. The molecular formula is C24H19FN2O3. The van der Waals surface area contributed by atoms with Crippen molar-refractivity contribution in [2.75, 3.05) is 10.6 Å². The minimum Gasteiger partial charge on any atom is -0.374 e. The third-order valence-corrected chi connectivity index (χ3v) is 5.14. The summed E-state index contributed by atoms with van der Waals surface area (Å²) in [5.74, 6) is -1.18. The maximum absolute atomic E-state index is 13.7. The number of anilines is 2. The van der Waals surface area contributed by atoms with Gasteiger partial charge in [-0.2, -0.15) is 0 Å². The molecule has 3 aromatic rings. The standard InChI is InChI=1S/C24H19FN2O3/c1-13-7-8-16(12-21(13)25)26-14(2)24(30)27-15-9-10-19-20(11-15)23(29)18-6-4-3-5-17(18)22(19)28/h3-12,14,26H,1-2H3,(H,27,30)/t14-/m1/s1. The molecule has 0 aromatic heterocycles. The molecule has 0 unspecified atom stereocenters. The van der Waals surface area contributed by atoms with E-state index < -0.39 is 6.04 Å². The molecule has 0 aliphatic heterocycles. The molecule has 0 saturated heterocycles. The lowest BCUT2D eigenvalue weighted by Crippen LogP contribution is -2.32. The Hall–Kier alpha value is -3.80. The maximum Gasteiger partial charge on any atom is 0.246 e. The Labute approximate surface area is 172 Å². The first kappa shape index (κ1) is 19.5. The van der Waals surface area contributed by atoms with E-state index in [1.54, 1.807) is 62.4 Å². The lowest BCUT2D eigenvalue weighted by Gasteiger charge is -2.19. The van der Waals surface area contributed by atoms with Crippen LogP contribution >= 0.6 is 0 Å². The fraction of sp³-hybridized carbons (Fsp3) is 0.125. The summed E-state index contributed by atoms with van der Waals surface area (Å²) in [6.45, 7) is 3.31. The van der Waals surface area contributed by atoms with Crippen molar-refractivity contribution < 1.29 is 18.8 Å². The van der Waals surface area contributed by atoms with Gasteiger partial charge in [0.2, 0.25) is 5.91 Å². The van der Waals surface area contributed by atoms with Gasteiger partial charge < -0.3 is 10.6 Å². The van der Waals surface area contributed by atoms with Crippen LogP contribution < -0.4 is 10.6 Å². The van der Waals surface area contributed by atoms with E-state index >= 15 is 0 Å². The molecule has 150 valence electrons. The molecule has 4 rings (SSSR count). The van der Waals surface area contributed by atoms with E-state index in [-0.39, 0.29) is 28.9 Å². The fourth-order valence-corrected chi connectivity index (χ4v) is 3.43. The first-order valence-electron chi connectivity index (χ1n) is 9.51. The van der Waals surface area contributed by atoms with Crippen molar-refractivity contribution in [3.05, 3.63) is 94.3 Å². The van der Waals surface area contributed by atoms with Gasteiger partial charge in [-0.3, -0.25) is 14.4 Å². The molecule has 5 nitrogen and oxygen atoms in total. The van der Waals surface area contributed by atoms with Gasteiger partial charge in [-0.25, -0.2) is 4.39 Å². The van der Waals surface area contributed by atoms with Crippen LogP contribution in [-0.2, 0) is 4.79 Å². The number of carbonyl (C=O) groups is 3. The van der Waals surface area contributed by atoms with E-state index in [1.807, 2.05) is 0 Å². The second kappa shape index (κ2) is 7.55. The van der Waals surface area contributed by atoms with Crippen LogP contribution in [0.5, 0.6) is 0 Å². The lowest BCUT2D eigenvalue weighted by molar-refractivity contribution is -0.116. The fourth-order valence-electron chi connectivity index (χ4n) is 3.43. The highest BCUT2D eigenvalue weighted by Gasteiger charge is 2.29. The molecule has 30 heavy (non-hydrogen) atoms. The summed E-state index contributed by atoms with van der Waals surface area (Å²) in [5.41, 5.74) is 2.74. The minimum atomic E-state index is -0.652. The highest BCUT2D eigenvalue weighted by atomic mass is 19.1. The van der Waals surface area contributed by atoms with Crippen molar-refractivity contribution in [1.29, 1.82) is 0 Å². The van der Waals surface area contributed by atoms with Crippen LogP contribution in [0.25, 0.3) is 0 Å². The van der Waals surface area contributed by atoms with E-state index in [1.165, 1.54) is 12.1 Å². The molecule has 0 saturated carbocycles. The van der Waals surface area contributed by atoms with E-state index in [2.05, 4.69) is 10.6 Å². The number of nitrogens with one attached hydrogen (secondary N) is 2. The molecule has 6 heteroatoms. The number of rotatable bonds is 4. The van der Waals surface area contributed by atoms with Crippen molar-refractivity contribution in [3.63, 3.8) is 0 Å². The van der Waals surface area contributed by atoms with E-state index in [0.29, 0.717) is 33.6 Å². The van der Waals surface area contributed by atoms with Gasteiger partial charge in [0.15, 0.2) is 11.6 Å². The zero-order valence-corrected chi connectivity index (χ0v) is 16.5. The van der Waals surface area contributed by atoms with Gasteiger partial charge in [0, 0.05) is 33.6 Å². The number of halogens is 1. The van der Waals surface area contributed by atoms with E-state index in [9.17, 15) is 18.8 Å². The topological polar surface area (TPSA) is 75.3 Å². The first-order chi connectivity index (χ1) is 14.3. The smallest absolute Gasteiger partial charge is 0.246 e. The molecule has 1 atom stereocenters. The minimum absolute atomic E-state index is 0.213. The Bertz CT molecular complexity index is 1200. The predicted molar refractivity (Wildman–Crippen MR) is 113 cm³/mol. The molecule has 1 aliphatic carbocycles. The van der Waals surface area contributed by atoms with Crippen LogP contribution in [0.1, 0.15) is 44.3 Å². The quantitative estimate of drug-likeness (QED) is 0.532. The summed E-state index contributed by atoms with van der Waals surface area (Å²) >= 11 is 0. The van der Waals surface area contributed by atoms with Gasteiger partial charge in [0.1, 0.15) is 11.9 Å². The van der Waals surface area contributed by atoms with Crippen LogP contribution in [0.2, 0.25) is 0 Å². The number of aryl methyl sites for hydroxylation is 1. The van der Waals surface area contributed by atoms with Gasteiger partial charge in [0.25, 0.3) is 0 Å². The molecule has 0 heterocycles. The normalized spacial score (nSPS) is 13.3. The molecule has 0 radical (unpaired) electrons. The lowest BCUT2D eigenvalue weighted by atomic mass is 9.84. The number of hydrogen-bond donors (Lipinski definition) is 2. The molecule has 0 bridgehead atoms.